The Morgan fingerprint density at radius 3 is 1.59 bits per heavy atom. The zero-order chi connectivity index (χ0) is 39.0. The fourth-order valence-electron chi connectivity index (χ4n) is 8.12. The van der Waals surface area contributed by atoms with E-state index < -0.39 is 5.41 Å². The Balaban J connectivity index is 1.41. The van der Waals surface area contributed by atoms with E-state index in [-0.39, 0.29) is 41.8 Å². The summed E-state index contributed by atoms with van der Waals surface area (Å²) < 4.78 is 60.0. The Hall–Kier alpha value is -6.64. The van der Waals surface area contributed by atoms with E-state index in [0.717, 1.165) is 38.8 Å². The molecule has 0 N–H and O–H groups in total. The zero-order valence-corrected chi connectivity index (χ0v) is 27.6. The molecule has 0 saturated heterocycles. The Bertz CT molecular complexity index is 3080. The molecule has 0 aliphatic rings. The summed E-state index contributed by atoms with van der Waals surface area (Å²) in [5.41, 5.74) is 6.78. The first kappa shape index (κ1) is 23.7. The molecule has 51 heavy (non-hydrogen) atoms. The van der Waals surface area contributed by atoms with Crippen molar-refractivity contribution in [2.24, 2.45) is 0 Å². The van der Waals surface area contributed by atoms with Gasteiger partial charge in [-0.25, -0.2) is 0 Å². The van der Waals surface area contributed by atoms with Gasteiger partial charge in [-0.1, -0.05) is 164 Å². The van der Waals surface area contributed by atoms with E-state index in [1.165, 1.54) is 0 Å². The van der Waals surface area contributed by atoms with Crippen molar-refractivity contribution in [3.05, 3.63) is 228 Å². The van der Waals surface area contributed by atoms with Crippen molar-refractivity contribution in [3.63, 3.8) is 0 Å². The molecule has 0 spiro atoms. The Morgan fingerprint density at radius 2 is 0.922 bits per heavy atom. The molecule has 0 unspecified atom stereocenters. The SMILES string of the molecule is [2H]c1c([2H])c([2H])c2c(c1[2H])c1c(c([2H])c([2H])c3c4ccccc4n(-c4ccccc4)c31)n2-c1cccc(C(c2ccccc2)(c2ccccc2)c2ccccc2)c1. The van der Waals surface area contributed by atoms with Gasteiger partial charge in [-0.05, 0) is 64.7 Å². The fraction of sp³-hybridized carbons (Fsp3) is 0.0204. The molecule has 0 radical (unpaired) electrons. The van der Waals surface area contributed by atoms with Crippen LogP contribution in [0, 0.1) is 0 Å². The van der Waals surface area contributed by atoms with Crippen LogP contribution in [0.2, 0.25) is 0 Å². The summed E-state index contributed by atoms with van der Waals surface area (Å²) >= 11 is 0. The van der Waals surface area contributed by atoms with Gasteiger partial charge in [0.2, 0.25) is 0 Å². The van der Waals surface area contributed by atoms with Gasteiger partial charge in [-0.2, -0.15) is 0 Å². The van der Waals surface area contributed by atoms with Crippen LogP contribution in [-0.4, -0.2) is 9.13 Å². The summed E-state index contributed by atoms with van der Waals surface area (Å²) in [6.45, 7) is 0. The molecule has 8 aromatic carbocycles. The third-order valence-corrected chi connectivity index (χ3v) is 10.2. The first-order chi connectivity index (χ1) is 27.8. The van der Waals surface area contributed by atoms with E-state index in [4.69, 9.17) is 2.74 Å². The largest absolute Gasteiger partial charge is 0.309 e. The molecule has 240 valence electrons. The van der Waals surface area contributed by atoms with Crippen molar-refractivity contribution in [1.82, 2.24) is 9.13 Å². The maximum Gasteiger partial charge on any atom is 0.0702 e. The molecule has 0 aliphatic carbocycles. The predicted octanol–water partition coefficient (Wildman–Crippen LogP) is 12.3. The molecule has 0 bridgehead atoms. The highest BCUT2D eigenvalue weighted by molar-refractivity contribution is 6.26. The quantitative estimate of drug-likeness (QED) is 0.158. The fourth-order valence-corrected chi connectivity index (χ4v) is 8.12. The van der Waals surface area contributed by atoms with Crippen LogP contribution in [0.3, 0.4) is 0 Å². The van der Waals surface area contributed by atoms with Crippen molar-refractivity contribution in [1.29, 1.82) is 0 Å². The number of nitrogens with zero attached hydrogens (tertiary/aromatic N) is 2. The molecule has 0 aliphatic heterocycles. The maximum atomic E-state index is 9.78. The minimum Gasteiger partial charge on any atom is -0.309 e. The van der Waals surface area contributed by atoms with E-state index >= 15 is 0 Å². The lowest BCUT2D eigenvalue weighted by molar-refractivity contribution is 0.744. The van der Waals surface area contributed by atoms with E-state index in [1.54, 1.807) is 4.57 Å². The van der Waals surface area contributed by atoms with E-state index in [0.29, 0.717) is 32.9 Å². The minimum atomic E-state index is -0.796. The van der Waals surface area contributed by atoms with Gasteiger partial charge in [0.05, 0.1) is 35.7 Å². The highest BCUT2D eigenvalue weighted by Gasteiger charge is 2.38. The summed E-state index contributed by atoms with van der Waals surface area (Å²) in [6.07, 6.45) is 0. The number of hydrogen-bond acceptors (Lipinski definition) is 0. The molecule has 2 aromatic heterocycles. The number of aromatic nitrogens is 2. The van der Waals surface area contributed by atoms with Crippen molar-refractivity contribution < 1.29 is 8.22 Å². The monoisotopic (exact) mass is 656 g/mol. The molecule has 2 nitrogen and oxygen atoms in total. The average Bonchev–Trinajstić information content (AvgIpc) is 3.81. The first-order valence-corrected chi connectivity index (χ1v) is 17.1. The second-order valence-electron chi connectivity index (χ2n) is 12.8. The van der Waals surface area contributed by atoms with E-state index in [9.17, 15) is 5.48 Å². The topological polar surface area (TPSA) is 9.86 Å². The Labute approximate surface area is 305 Å². The smallest absolute Gasteiger partial charge is 0.0702 e. The molecular weight excluding hydrogens is 617 g/mol. The standard InChI is InChI=1S/C49H34N2/c1-5-18-35(19-6-1)49(36-20-7-2-8-21-36,37-22-9-3-10-23-37)38-24-17-27-40(34-38)50-45-31-16-14-29-43(45)47-46(50)33-32-42-41-28-13-15-30-44(41)51(48(42)47)39-25-11-4-12-26-39/h1-34H/i14D,16D,29D,31D,32D,33D. The van der Waals surface area contributed by atoms with Gasteiger partial charge in [0.25, 0.3) is 0 Å². The molecule has 10 aromatic rings. The van der Waals surface area contributed by atoms with Crippen molar-refractivity contribution in [2.75, 3.05) is 0 Å². The van der Waals surface area contributed by atoms with Crippen LogP contribution in [-0.2, 0) is 5.41 Å². The van der Waals surface area contributed by atoms with Gasteiger partial charge in [0.15, 0.2) is 0 Å². The molecule has 0 atom stereocenters. The predicted molar refractivity (Wildman–Crippen MR) is 213 cm³/mol. The third-order valence-electron chi connectivity index (χ3n) is 10.2. The van der Waals surface area contributed by atoms with Crippen LogP contribution < -0.4 is 0 Å². The van der Waals surface area contributed by atoms with Crippen molar-refractivity contribution in [3.8, 4) is 11.4 Å². The molecule has 0 saturated carbocycles. The van der Waals surface area contributed by atoms with E-state index in [2.05, 4.69) is 53.1 Å². The van der Waals surface area contributed by atoms with Crippen LogP contribution in [0.1, 0.15) is 30.5 Å². The van der Waals surface area contributed by atoms with Crippen LogP contribution in [0.5, 0.6) is 0 Å². The average molecular weight is 657 g/mol. The molecular formula is C49H34N2. The minimum absolute atomic E-state index is 0.0195. The summed E-state index contributed by atoms with van der Waals surface area (Å²) in [6, 6.07) is 55.7. The molecule has 2 heterocycles. The summed E-state index contributed by atoms with van der Waals surface area (Å²) in [7, 11) is 0. The summed E-state index contributed by atoms with van der Waals surface area (Å²) in [5, 5.41) is 2.15. The molecule has 0 fully saturated rings. The van der Waals surface area contributed by atoms with Crippen LogP contribution in [0.15, 0.2) is 206 Å². The van der Waals surface area contributed by atoms with Gasteiger partial charge in [-0.3, -0.25) is 0 Å². The van der Waals surface area contributed by atoms with Crippen molar-refractivity contribution in [2.45, 2.75) is 5.41 Å². The zero-order valence-electron chi connectivity index (χ0n) is 33.6. The van der Waals surface area contributed by atoms with Gasteiger partial charge in [0, 0.05) is 32.9 Å². The van der Waals surface area contributed by atoms with Gasteiger partial charge in [0.1, 0.15) is 0 Å². The lowest BCUT2D eigenvalue weighted by Crippen LogP contribution is -2.31. The normalized spacial score (nSPS) is 13.6. The van der Waals surface area contributed by atoms with Gasteiger partial charge < -0.3 is 9.13 Å². The molecule has 0 amide bonds. The summed E-state index contributed by atoms with van der Waals surface area (Å²) in [5.74, 6) is 0. The third kappa shape index (κ3) is 4.36. The first-order valence-electron chi connectivity index (χ1n) is 20.1. The van der Waals surface area contributed by atoms with Crippen LogP contribution in [0.25, 0.3) is 55.0 Å². The Morgan fingerprint density at radius 1 is 0.373 bits per heavy atom. The highest BCUT2D eigenvalue weighted by Crippen LogP contribution is 2.47. The Kier molecular flexibility index (Phi) is 5.45. The molecule has 10 rings (SSSR count). The number of benzene rings is 8. The van der Waals surface area contributed by atoms with E-state index in [1.807, 2.05) is 121 Å². The summed E-state index contributed by atoms with van der Waals surface area (Å²) in [4.78, 5) is 0. The highest BCUT2D eigenvalue weighted by atomic mass is 15.0. The van der Waals surface area contributed by atoms with Crippen LogP contribution in [0.4, 0.5) is 0 Å². The maximum absolute atomic E-state index is 9.78. The second kappa shape index (κ2) is 11.8. The van der Waals surface area contributed by atoms with Gasteiger partial charge >= 0.3 is 0 Å². The molecule has 2 heteroatoms. The van der Waals surface area contributed by atoms with Crippen LogP contribution >= 0.6 is 0 Å². The van der Waals surface area contributed by atoms with Gasteiger partial charge in [-0.15, -0.1) is 0 Å². The number of hydrogen-bond donors (Lipinski definition) is 0. The van der Waals surface area contributed by atoms with Crippen molar-refractivity contribution >= 4 is 43.6 Å². The number of para-hydroxylation sites is 3. The lowest BCUT2D eigenvalue weighted by atomic mass is 9.65. The number of rotatable bonds is 6. The lowest BCUT2D eigenvalue weighted by Gasteiger charge is -2.37. The second-order valence-corrected chi connectivity index (χ2v) is 12.8. The number of fused-ring (bicyclic) bond motifs is 7.